The number of carbonyl (C=O) groups excluding carboxylic acids is 2. The van der Waals surface area contributed by atoms with Crippen LogP contribution in [0.5, 0.6) is 5.75 Å². The molecule has 0 saturated carbocycles. The molecule has 1 fully saturated rings. The molecular weight excluding hydrogens is 330 g/mol. The van der Waals surface area contributed by atoms with Crippen molar-refractivity contribution in [3.8, 4) is 5.75 Å². The van der Waals surface area contributed by atoms with Gasteiger partial charge in [0.05, 0.1) is 12.8 Å². The van der Waals surface area contributed by atoms with Crippen molar-refractivity contribution in [3.05, 3.63) is 65.7 Å². The first-order chi connectivity index (χ1) is 12.6. The molecule has 0 bridgehead atoms. The summed E-state index contributed by atoms with van der Waals surface area (Å²) in [7, 11) is 0. The molecule has 0 radical (unpaired) electrons. The molecule has 6 heteroatoms. The van der Waals surface area contributed by atoms with Gasteiger partial charge in [0.2, 0.25) is 0 Å². The Balaban J connectivity index is 1.82. The second kappa shape index (κ2) is 7.39. The lowest BCUT2D eigenvalue weighted by Crippen LogP contribution is -2.43. The first-order valence-corrected chi connectivity index (χ1v) is 8.59. The summed E-state index contributed by atoms with van der Waals surface area (Å²) in [6.45, 7) is 4.37. The van der Waals surface area contributed by atoms with Gasteiger partial charge in [-0.1, -0.05) is 37.3 Å². The Morgan fingerprint density at radius 1 is 1.08 bits per heavy atom. The van der Waals surface area contributed by atoms with Crippen molar-refractivity contribution in [2.45, 2.75) is 25.8 Å². The average Bonchev–Trinajstić information content (AvgIpc) is 2.93. The minimum atomic E-state index is -1.07. The van der Waals surface area contributed by atoms with E-state index in [2.05, 4.69) is 10.4 Å². The van der Waals surface area contributed by atoms with Crippen molar-refractivity contribution in [1.82, 2.24) is 10.3 Å². The number of benzene rings is 2. The Morgan fingerprint density at radius 3 is 2.38 bits per heavy atom. The Bertz CT molecular complexity index is 818. The zero-order valence-electron chi connectivity index (χ0n) is 14.8. The zero-order valence-corrected chi connectivity index (χ0v) is 14.8. The van der Waals surface area contributed by atoms with Crippen LogP contribution in [0, 0.1) is 0 Å². The molecule has 0 aromatic heterocycles. The molecule has 6 nitrogen and oxygen atoms in total. The maximum absolute atomic E-state index is 12.9. The lowest BCUT2D eigenvalue weighted by molar-refractivity contribution is -0.131. The quantitative estimate of drug-likeness (QED) is 0.641. The highest BCUT2D eigenvalue weighted by Gasteiger charge is 2.51. The van der Waals surface area contributed by atoms with Crippen LogP contribution in [0.15, 0.2) is 59.7 Å². The van der Waals surface area contributed by atoms with Gasteiger partial charge >= 0.3 is 6.03 Å². The number of ether oxygens (including phenoxy) is 1. The van der Waals surface area contributed by atoms with E-state index in [1.54, 1.807) is 0 Å². The van der Waals surface area contributed by atoms with Crippen molar-refractivity contribution in [3.63, 3.8) is 0 Å². The van der Waals surface area contributed by atoms with Gasteiger partial charge in [-0.15, -0.1) is 5.01 Å². The summed E-state index contributed by atoms with van der Waals surface area (Å²) >= 11 is 0. The van der Waals surface area contributed by atoms with Gasteiger partial charge < -0.3 is 10.1 Å². The first-order valence-electron chi connectivity index (χ1n) is 8.59. The van der Waals surface area contributed by atoms with Crippen LogP contribution in [0.1, 0.15) is 31.4 Å². The van der Waals surface area contributed by atoms with Gasteiger partial charge in [-0.05, 0) is 48.7 Å². The molecule has 1 aliphatic heterocycles. The standard InChI is InChI=1S/C20H21N3O3/c1-3-20(16-8-6-5-7-9-16)18(24)23(19(25)22-20)21-14-15-10-12-17(13-11-15)26-4-2/h5-14H,3-4H2,1-2H3,(H,22,25)/b21-14-/t20-/m1/s1. The predicted octanol–water partition coefficient (Wildman–Crippen LogP) is 3.28. The van der Waals surface area contributed by atoms with E-state index in [1.165, 1.54) is 6.21 Å². The number of nitrogens with one attached hydrogen (secondary N) is 1. The predicted molar refractivity (Wildman–Crippen MR) is 99.0 cm³/mol. The Kier molecular flexibility index (Phi) is 5.02. The molecule has 2 aromatic rings. The summed E-state index contributed by atoms with van der Waals surface area (Å²) in [5.41, 5.74) is 0.441. The third-order valence-corrected chi connectivity index (χ3v) is 4.38. The topological polar surface area (TPSA) is 71.0 Å². The van der Waals surface area contributed by atoms with Gasteiger partial charge in [0.15, 0.2) is 0 Å². The van der Waals surface area contributed by atoms with Gasteiger partial charge in [0.1, 0.15) is 11.3 Å². The zero-order chi connectivity index (χ0) is 18.6. The fraction of sp³-hybridized carbons (Fsp3) is 0.250. The number of hydrazone groups is 1. The Labute approximate surface area is 152 Å². The highest BCUT2D eigenvalue weighted by molar-refractivity contribution is 6.07. The van der Waals surface area contributed by atoms with Gasteiger partial charge in [0, 0.05) is 0 Å². The molecule has 26 heavy (non-hydrogen) atoms. The van der Waals surface area contributed by atoms with Crippen molar-refractivity contribution >= 4 is 18.2 Å². The summed E-state index contributed by atoms with van der Waals surface area (Å²) in [5.74, 6) is 0.382. The van der Waals surface area contributed by atoms with Crippen LogP contribution in [0.25, 0.3) is 0 Å². The molecule has 1 atom stereocenters. The van der Waals surface area contributed by atoms with Crippen LogP contribution in [0.2, 0.25) is 0 Å². The molecule has 134 valence electrons. The third kappa shape index (κ3) is 3.18. The lowest BCUT2D eigenvalue weighted by Gasteiger charge is -2.24. The molecule has 2 aromatic carbocycles. The lowest BCUT2D eigenvalue weighted by atomic mass is 9.87. The summed E-state index contributed by atoms with van der Waals surface area (Å²) in [5, 5.41) is 7.80. The van der Waals surface area contributed by atoms with E-state index in [0.717, 1.165) is 21.9 Å². The molecule has 0 aliphatic carbocycles. The van der Waals surface area contributed by atoms with E-state index in [9.17, 15) is 9.59 Å². The summed E-state index contributed by atoms with van der Waals surface area (Å²) < 4.78 is 5.39. The number of imide groups is 1. The molecule has 0 spiro atoms. The number of rotatable bonds is 6. The van der Waals surface area contributed by atoms with Crippen LogP contribution >= 0.6 is 0 Å². The fourth-order valence-electron chi connectivity index (χ4n) is 2.97. The first kappa shape index (κ1) is 17.7. The molecule has 0 unspecified atom stereocenters. The van der Waals surface area contributed by atoms with E-state index in [4.69, 9.17) is 4.74 Å². The summed E-state index contributed by atoms with van der Waals surface area (Å²) in [6.07, 6.45) is 1.93. The van der Waals surface area contributed by atoms with Crippen LogP contribution < -0.4 is 10.1 Å². The number of amides is 3. The monoisotopic (exact) mass is 351 g/mol. The normalized spacial score (nSPS) is 19.8. The van der Waals surface area contributed by atoms with Crippen molar-refractivity contribution in [2.75, 3.05) is 6.61 Å². The van der Waals surface area contributed by atoms with Crippen molar-refractivity contribution in [2.24, 2.45) is 5.10 Å². The molecule has 1 N–H and O–H groups in total. The SMILES string of the molecule is CCOc1ccc(/C=N\N2C(=O)N[C@](CC)(c3ccccc3)C2=O)cc1. The van der Waals surface area contributed by atoms with E-state index in [1.807, 2.05) is 68.4 Å². The fourth-order valence-corrected chi connectivity index (χ4v) is 2.97. The summed E-state index contributed by atoms with van der Waals surface area (Å²) in [4.78, 5) is 25.3. The number of hydrogen-bond donors (Lipinski definition) is 1. The van der Waals surface area contributed by atoms with Gasteiger partial charge in [-0.2, -0.15) is 5.10 Å². The largest absolute Gasteiger partial charge is 0.494 e. The van der Waals surface area contributed by atoms with E-state index < -0.39 is 11.6 Å². The molecule has 1 heterocycles. The maximum atomic E-state index is 12.9. The number of carbonyl (C=O) groups is 2. The maximum Gasteiger partial charge on any atom is 0.346 e. The average molecular weight is 351 g/mol. The smallest absolute Gasteiger partial charge is 0.346 e. The van der Waals surface area contributed by atoms with E-state index >= 15 is 0 Å². The van der Waals surface area contributed by atoms with E-state index in [-0.39, 0.29) is 5.91 Å². The molecule has 1 aliphatic rings. The highest BCUT2D eigenvalue weighted by atomic mass is 16.5. The molecule has 3 rings (SSSR count). The van der Waals surface area contributed by atoms with Gasteiger partial charge in [0.25, 0.3) is 5.91 Å². The molecule has 1 saturated heterocycles. The minimum Gasteiger partial charge on any atom is -0.494 e. The number of urea groups is 1. The van der Waals surface area contributed by atoms with Crippen LogP contribution in [-0.4, -0.2) is 29.8 Å². The Morgan fingerprint density at radius 2 is 1.77 bits per heavy atom. The summed E-state index contributed by atoms with van der Waals surface area (Å²) in [6, 6.07) is 16.0. The Hall–Kier alpha value is -3.15. The third-order valence-electron chi connectivity index (χ3n) is 4.38. The van der Waals surface area contributed by atoms with Gasteiger partial charge in [-0.3, -0.25) is 4.79 Å². The molecular formula is C20H21N3O3. The minimum absolute atomic E-state index is 0.376. The van der Waals surface area contributed by atoms with Crippen molar-refractivity contribution in [1.29, 1.82) is 0 Å². The van der Waals surface area contributed by atoms with Crippen LogP contribution in [-0.2, 0) is 10.3 Å². The number of nitrogens with zero attached hydrogens (tertiary/aromatic N) is 2. The van der Waals surface area contributed by atoms with Gasteiger partial charge in [-0.25, -0.2) is 4.79 Å². The molecule has 3 amide bonds. The number of hydrogen-bond acceptors (Lipinski definition) is 4. The highest BCUT2D eigenvalue weighted by Crippen LogP contribution is 2.32. The van der Waals surface area contributed by atoms with E-state index in [0.29, 0.717) is 13.0 Å². The second-order valence-electron chi connectivity index (χ2n) is 5.92. The van der Waals surface area contributed by atoms with Crippen LogP contribution in [0.3, 0.4) is 0 Å². The second-order valence-corrected chi connectivity index (χ2v) is 5.92. The van der Waals surface area contributed by atoms with Crippen LogP contribution in [0.4, 0.5) is 4.79 Å². The van der Waals surface area contributed by atoms with Crippen molar-refractivity contribution < 1.29 is 14.3 Å².